The first kappa shape index (κ1) is 32.3. The SMILES string of the molecule is C[C@@H]([C@H]1[C@@H](O)C[C@@H]2[C@H]3CC=C4C[C@@H](O[C@@H]5O[C@H](CO)[C@@H](O)[C@H](O)[C@H]5O)CC[C@]4(C)[C@H]3CC[C@]12C)[C@H]1CC[C@](C)(O)CN1C. The lowest BCUT2D eigenvalue weighted by atomic mass is 9.46. The molecule has 3 saturated carbocycles. The molecule has 9 nitrogen and oxygen atoms in total. The first-order valence-electron chi connectivity index (χ1n) is 17.0. The number of likely N-dealkylation sites (tertiary alicyclic amines) is 1. The molecule has 0 aromatic carbocycles. The molecule has 246 valence electrons. The minimum absolute atomic E-state index is 0.0727. The Labute approximate surface area is 257 Å². The van der Waals surface area contributed by atoms with Crippen molar-refractivity contribution in [2.45, 2.75) is 140 Å². The maximum Gasteiger partial charge on any atom is 0.186 e. The van der Waals surface area contributed by atoms with Crippen LogP contribution in [0.5, 0.6) is 0 Å². The molecule has 0 bridgehead atoms. The second-order valence-electron chi connectivity index (χ2n) is 16.2. The van der Waals surface area contributed by atoms with E-state index in [1.54, 1.807) is 0 Å². The van der Waals surface area contributed by atoms with Crippen molar-refractivity contribution in [1.82, 2.24) is 4.90 Å². The van der Waals surface area contributed by atoms with Crippen LogP contribution in [-0.2, 0) is 9.47 Å². The van der Waals surface area contributed by atoms with Crippen molar-refractivity contribution in [3.05, 3.63) is 11.6 Å². The van der Waals surface area contributed by atoms with Gasteiger partial charge in [-0.05, 0) is 112 Å². The Morgan fingerprint density at radius 3 is 2.44 bits per heavy atom. The summed E-state index contributed by atoms with van der Waals surface area (Å²) in [6.45, 7) is 9.41. The summed E-state index contributed by atoms with van der Waals surface area (Å²) in [5.41, 5.74) is 0.956. The minimum atomic E-state index is -1.43. The summed E-state index contributed by atoms with van der Waals surface area (Å²) in [5.74, 6) is 2.22. The van der Waals surface area contributed by atoms with Crippen molar-refractivity contribution in [3.63, 3.8) is 0 Å². The largest absolute Gasteiger partial charge is 0.394 e. The Morgan fingerprint density at radius 2 is 1.74 bits per heavy atom. The maximum atomic E-state index is 11.7. The molecule has 16 atom stereocenters. The molecule has 2 heterocycles. The highest BCUT2D eigenvalue weighted by Crippen LogP contribution is 2.67. The molecule has 6 aliphatic rings. The number of hydrogen-bond donors (Lipinski definition) is 6. The van der Waals surface area contributed by atoms with Crippen LogP contribution in [0.2, 0.25) is 0 Å². The van der Waals surface area contributed by atoms with Crippen LogP contribution in [0.15, 0.2) is 11.6 Å². The molecule has 6 rings (SSSR count). The molecule has 9 heteroatoms. The van der Waals surface area contributed by atoms with Crippen LogP contribution in [0, 0.1) is 40.4 Å². The molecule has 4 aliphatic carbocycles. The van der Waals surface area contributed by atoms with Gasteiger partial charge in [0.25, 0.3) is 0 Å². The van der Waals surface area contributed by atoms with Crippen LogP contribution < -0.4 is 0 Å². The standard InChI is InChI=1S/C34H57NO8/c1-18(24-10-11-32(2,41)17-35(24)5)27-25(37)15-23-21-7-6-19-14-20(8-12-33(19,3)22(21)9-13-34(23,27)4)42-31-30(40)29(39)28(38)26(16-36)43-31/h6,18,20-31,36-41H,7-17H2,1-5H3/t18-,20+,21+,22+,23-,24-,25+,26-,27+,28-,29+,30-,31-,32+,33+,34+/m1/s1. The molecule has 0 aromatic rings. The molecule has 0 radical (unpaired) electrons. The molecule has 43 heavy (non-hydrogen) atoms. The van der Waals surface area contributed by atoms with Gasteiger partial charge >= 0.3 is 0 Å². The van der Waals surface area contributed by atoms with Gasteiger partial charge in [0.1, 0.15) is 24.4 Å². The van der Waals surface area contributed by atoms with Crippen LogP contribution in [0.3, 0.4) is 0 Å². The number of β-amino-alcohol motifs (C(OH)–C–C–N with tert-alkyl or cyclic N) is 1. The molecule has 2 saturated heterocycles. The van der Waals surface area contributed by atoms with Gasteiger partial charge in [-0.2, -0.15) is 0 Å². The quantitative estimate of drug-likeness (QED) is 0.259. The Morgan fingerprint density at radius 1 is 1.00 bits per heavy atom. The molecule has 0 aromatic heterocycles. The number of ether oxygens (including phenoxy) is 2. The summed E-state index contributed by atoms with van der Waals surface area (Å²) in [6.07, 6.45) is 4.23. The second kappa shape index (κ2) is 11.6. The van der Waals surface area contributed by atoms with Crippen molar-refractivity contribution >= 4 is 0 Å². The number of likely N-dealkylation sites (N-methyl/N-ethyl adjacent to an activating group) is 1. The fourth-order valence-corrected chi connectivity index (χ4v) is 11.4. The number of piperidine rings is 1. The lowest BCUT2D eigenvalue weighted by molar-refractivity contribution is -0.313. The number of aliphatic hydroxyl groups excluding tert-OH is 5. The number of nitrogens with zero attached hydrogens (tertiary/aromatic N) is 1. The van der Waals surface area contributed by atoms with Crippen LogP contribution in [0.25, 0.3) is 0 Å². The third kappa shape index (κ3) is 5.36. The average molecular weight is 608 g/mol. The summed E-state index contributed by atoms with van der Waals surface area (Å²) >= 11 is 0. The van der Waals surface area contributed by atoms with Crippen molar-refractivity contribution < 1.29 is 40.1 Å². The van der Waals surface area contributed by atoms with Gasteiger partial charge in [-0.15, -0.1) is 0 Å². The first-order valence-corrected chi connectivity index (χ1v) is 17.0. The van der Waals surface area contributed by atoms with Crippen molar-refractivity contribution in [2.24, 2.45) is 40.4 Å². The number of allylic oxidation sites excluding steroid dienone is 1. The topological polar surface area (TPSA) is 143 Å². The van der Waals surface area contributed by atoms with Crippen molar-refractivity contribution in [1.29, 1.82) is 0 Å². The molecule has 0 spiro atoms. The Kier molecular flexibility index (Phi) is 8.69. The lowest BCUT2D eigenvalue weighted by Gasteiger charge is -2.59. The second-order valence-corrected chi connectivity index (χ2v) is 16.2. The van der Waals surface area contributed by atoms with Crippen molar-refractivity contribution in [3.8, 4) is 0 Å². The molecular formula is C34H57NO8. The third-order valence-corrected chi connectivity index (χ3v) is 13.7. The van der Waals surface area contributed by atoms with Gasteiger partial charge in [-0.25, -0.2) is 0 Å². The fraction of sp³-hybridized carbons (Fsp3) is 0.941. The van der Waals surface area contributed by atoms with Crippen LogP contribution in [0.4, 0.5) is 0 Å². The van der Waals surface area contributed by atoms with Gasteiger partial charge < -0.3 is 45.0 Å². The van der Waals surface area contributed by atoms with Crippen LogP contribution in [-0.4, -0.2) is 110 Å². The normalized spacial score (nSPS) is 54.7. The zero-order chi connectivity index (χ0) is 31.1. The van der Waals surface area contributed by atoms with Gasteiger partial charge in [-0.1, -0.05) is 32.4 Å². The summed E-state index contributed by atoms with van der Waals surface area (Å²) in [5, 5.41) is 62.7. The molecule has 6 N–H and O–H groups in total. The highest BCUT2D eigenvalue weighted by molar-refractivity contribution is 5.26. The van der Waals surface area contributed by atoms with Gasteiger partial charge in [0.15, 0.2) is 6.29 Å². The molecule has 0 unspecified atom stereocenters. The summed E-state index contributed by atoms with van der Waals surface area (Å²) in [4.78, 5) is 2.34. The summed E-state index contributed by atoms with van der Waals surface area (Å²) in [6, 6.07) is 0.377. The maximum absolute atomic E-state index is 11.7. The van der Waals surface area contributed by atoms with E-state index in [1.165, 1.54) is 5.57 Å². The van der Waals surface area contributed by atoms with E-state index in [2.05, 4.69) is 38.8 Å². The molecule has 0 amide bonds. The highest BCUT2D eigenvalue weighted by Gasteiger charge is 2.62. The van der Waals surface area contributed by atoms with E-state index in [-0.39, 0.29) is 29.0 Å². The molecular weight excluding hydrogens is 550 g/mol. The van der Waals surface area contributed by atoms with E-state index in [0.29, 0.717) is 36.3 Å². The predicted molar refractivity (Wildman–Crippen MR) is 161 cm³/mol. The summed E-state index contributed by atoms with van der Waals surface area (Å²) in [7, 11) is 2.14. The lowest BCUT2D eigenvalue weighted by Crippen LogP contribution is -2.60. The zero-order valence-electron chi connectivity index (χ0n) is 26.8. The predicted octanol–water partition coefficient (Wildman–Crippen LogP) is 2.20. The summed E-state index contributed by atoms with van der Waals surface area (Å²) < 4.78 is 11.8. The fourth-order valence-electron chi connectivity index (χ4n) is 11.4. The van der Waals surface area contributed by atoms with E-state index in [9.17, 15) is 30.6 Å². The Bertz CT molecular complexity index is 1050. The number of fused-ring (bicyclic) bond motifs is 5. The minimum Gasteiger partial charge on any atom is -0.394 e. The van der Waals surface area contributed by atoms with E-state index in [4.69, 9.17) is 9.47 Å². The zero-order valence-corrected chi connectivity index (χ0v) is 26.8. The van der Waals surface area contributed by atoms with Crippen LogP contribution in [0.1, 0.15) is 85.5 Å². The van der Waals surface area contributed by atoms with Gasteiger partial charge in [0, 0.05) is 12.6 Å². The third-order valence-electron chi connectivity index (χ3n) is 13.7. The molecule has 2 aliphatic heterocycles. The number of aliphatic hydroxyl groups is 6. The first-order chi connectivity index (χ1) is 20.2. The van der Waals surface area contributed by atoms with Crippen LogP contribution >= 0.6 is 0 Å². The number of hydrogen-bond acceptors (Lipinski definition) is 9. The van der Waals surface area contributed by atoms with Gasteiger partial charge in [-0.3, -0.25) is 0 Å². The van der Waals surface area contributed by atoms with Crippen molar-refractivity contribution in [2.75, 3.05) is 20.2 Å². The average Bonchev–Trinajstić information content (AvgIpc) is 3.22. The van der Waals surface area contributed by atoms with Gasteiger partial charge in [0.2, 0.25) is 0 Å². The van der Waals surface area contributed by atoms with E-state index < -0.39 is 42.9 Å². The Balaban J connectivity index is 1.15. The monoisotopic (exact) mass is 607 g/mol. The van der Waals surface area contributed by atoms with Gasteiger partial charge in [0.05, 0.1) is 24.4 Å². The number of rotatable bonds is 5. The smallest absolute Gasteiger partial charge is 0.186 e. The molecule has 5 fully saturated rings. The Hall–Kier alpha value is -0.620. The van der Waals surface area contributed by atoms with E-state index in [0.717, 1.165) is 57.8 Å². The highest BCUT2D eigenvalue weighted by atomic mass is 16.7. The van der Waals surface area contributed by atoms with E-state index in [1.807, 2.05) is 6.92 Å². The van der Waals surface area contributed by atoms with E-state index >= 15 is 0 Å².